The largest absolute Gasteiger partial charge is 0.507 e. The number of benzene rings is 2. The summed E-state index contributed by atoms with van der Waals surface area (Å²) < 4.78 is 5.66. The van der Waals surface area contributed by atoms with Crippen LogP contribution in [0.15, 0.2) is 30.3 Å². The highest BCUT2D eigenvalue weighted by Crippen LogP contribution is 2.31. The Bertz CT molecular complexity index is 696. The molecule has 0 aliphatic rings. The minimum atomic E-state index is -0.188. The number of halogens is 2. The molecule has 0 aliphatic carbocycles. The van der Waals surface area contributed by atoms with E-state index in [0.29, 0.717) is 21.4 Å². The maximum atomic E-state index is 11.4. The van der Waals surface area contributed by atoms with E-state index in [2.05, 4.69) is 0 Å². The quantitative estimate of drug-likeness (QED) is 0.822. The Labute approximate surface area is 133 Å². The van der Waals surface area contributed by atoms with Crippen LogP contribution in [0, 0.1) is 6.92 Å². The molecule has 0 bridgehead atoms. The number of phenolic OH excluding ortho intramolecular Hbond substituents is 1. The molecule has 0 atom stereocenters. The number of aromatic hydroxyl groups is 1. The summed E-state index contributed by atoms with van der Waals surface area (Å²) in [7, 11) is 0. The zero-order valence-electron chi connectivity index (χ0n) is 11.6. The van der Waals surface area contributed by atoms with Gasteiger partial charge in [-0.15, -0.1) is 0 Å². The molecule has 0 saturated heterocycles. The first kappa shape index (κ1) is 15.7. The molecule has 0 aliphatic heterocycles. The van der Waals surface area contributed by atoms with E-state index in [9.17, 15) is 9.90 Å². The molecule has 0 heterocycles. The molecule has 0 spiro atoms. The number of phenols is 1. The zero-order chi connectivity index (χ0) is 15.6. The normalized spacial score (nSPS) is 10.5. The number of carbonyl (C=O) groups is 1. The number of ether oxygens (including phenoxy) is 1. The molecule has 0 unspecified atom stereocenters. The van der Waals surface area contributed by atoms with Gasteiger partial charge < -0.3 is 9.84 Å². The Balaban J connectivity index is 2.18. The van der Waals surface area contributed by atoms with Gasteiger partial charge in [0.05, 0.1) is 15.6 Å². The first-order chi connectivity index (χ1) is 9.90. The third-order valence-electron chi connectivity index (χ3n) is 3.14. The molecular formula is C16H14Cl2O3. The van der Waals surface area contributed by atoms with Crippen molar-refractivity contribution in [3.05, 3.63) is 57.1 Å². The molecule has 0 radical (unpaired) electrons. The van der Waals surface area contributed by atoms with E-state index >= 15 is 0 Å². The Morgan fingerprint density at radius 1 is 1.19 bits per heavy atom. The molecule has 3 nitrogen and oxygen atoms in total. The van der Waals surface area contributed by atoms with E-state index in [-0.39, 0.29) is 23.7 Å². The fourth-order valence-electron chi connectivity index (χ4n) is 1.91. The van der Waals surface area contributed by atoms with Crippen LogP contribution in [0.1, 0.15) is 28.4 Å². The number of hydrogen-bond acceptors (Lipinski definition) is 3. The third-order valence-corrected chi connectivity index (χ3v) is 3.88. The van der Waals surface area contributed by atoms with Crippen molar-refractivity contribution in [2.24, 2.45) is 0 Å². The van der Waals surface area contributed by atoms with E-state index in [4.69, 9.17) is 27.9 Å². The molecule has 21 heavy (non-hydrogen) atoms. The summed E-state index contributed by atoms with van der Waals surface area (Å²) in [5, 5.41) is 10.9. The molecule has 0 saturated carbocycles. The van der Waals surface area contributed by atoms with Gasteiger partial charge in [0.2, 0.25) is 0 Å². The van der Waals surface area contributed by atoms with Crippen LogP contribution in [0.5, 0.6) is 11.5 Å². The third kappa shape index (κ3) is 3.49. The van der Waals surface area contributed by atoms with E-state index in [1.54, 1.807) is 31.2 Å². The van der Waals surface area contributed by atoms with Gasteiger partial charge in [0.1, 0.15) is 18.1 Å². The van der Waals surface area contributed by atoms with Gasteiger partial charge in [-0.2, -0.15) is 0 Å². The topological polar surface area (TPSA) is 46.5 Å². The molecule has 0 aromatic heterocycles. The van der Waals surface area contributed by atoms with Gasteiger partial charge in [-0.05, 0) is 43.7 Å². The minimum absolute atomic E-state index is 0.0471. The van der Waals surface area contributed by atoms with Gasteiger partial charge >= 0.3 is 0 Å². The van der Waals surface area contributed by atoms with E-state index < -0.39 is 0 Å². The Morgan fingerprint density at radius 2 is 1.90 bits per heavy atom. The number of ketones is 1. The summed E-state index contributed by atoms with van der Waals surface area (Å²) in [6.07, 6.45) is 0. The second-order valence-electron chi connectivity index (χ2n) is 4.68. The van der Waals surface area contributed by atoms with Crippen LogP contribution in [0.2, 0.25) is 10.0 Å². The predicted octanol–water partition coefficient (Wildman–Crippen LogP) is 4.79. The minimum Gasteiger partial charge on any atom is -0.507 e. The molecular weight excluding hydrogens is 311 g/mol. The summed E-state index contributed by atoms with van der Waals surface area (Å²) in [6.45, 7) is 3.40. The van der Waals surface area contributed by atoms with Crippen LogP contribution in [0.25, 0.3) is 0 Å². The lowest BCUT2D eigenvalue weighted by molar-refractivity contribution is 0.101. The summed E-state index contributed by atoms with van der Waals surface area (Å²) in [5.74, 6) is 0.282. The van der Waals surface area contributed by atoms with E-state index in [0.717, 1.165) is 5.56 Å². The van der Waals surface area contributed by atoms with Crippen LogP contribution in [-0.2, 0) is 6.61 Å². The van der Waals surface area contributed by atoms with Crippen molar-refractivity contribution in [3.8, 4) is 11.5 Å². The lowest BCUT2D eigenvalue weighted by Gasteiger charge is -2.12. The lowest BCUT2D eigenvalue weighted by atomic mass is 10.1. The van der Waals surface area contributed by atoms with Gasteiger partial charge in [0.25, 0.3) is 0 Å². The number of rotatable bonds is 4. The molecule has 2 rings (SSSR count). The van der Waals surface area contributed by atoms with Crippen molar-refractivity contribution in [2.45, 2.75) is 20.5 Å². The van der Waals surface area contributed by atoms with Crippen LogP contribution in [-0.4, -0.2) is 10.9 Å². The van der Waals surface area contributed by atoms with Gasteiger partial charge in [-0.25, -0.2) is 0 Å². The summed E-state index contributed by atoms with van der Waals surface area (Å²) in [4.78, 5) is 11.4. The van der Waals surface area contributed by atoms with Crippen LogP contribution < -0.4 is 4.74 Å². The average Bonchev–Trinajstić information content (AvgIpc) is 2.43. The first-order valence-electron chi connectivity index (χ1n) is 6.30. The molecule has 110 valence electrons. The summed E-state index contributed by atoms with van der Waals surface area (Å²) in [6, 6.07) is 8.46. The molecule has 2 aromatic carbocycles. The van der Waals surface area contributed by atoms with Crippen molar-refractivity contribution >= 4 is 29.0 Å². The highest BCUT2D eigenvalue weighted by molar-refractivity contribution is 6.42. The Hall–Kier alpha value is -1.71. The number of carbonyl (C=O) groups excluding carboxylic acids is 1. The van der Waals surface area contributed by atoms with Gasteiger partial charge in [-0.1, -0.05) is 29.3 Å². The van der Waals surface area contributed by atoms with Crippen LogP contribution >= 0.6 is 23.2 Å². The van der Waals surface area contributed by atoms with Gasteiger partial charge in [-0.3, -0.25) is 4.79 Å². The predicted molar refractivity (Wildman–Crippen MR) is 83.6 cm³/mol. The fraction of sp³-hybridized carbons (Fsp3) is 0.188. The highest BCUT2D eigenvalue weighted by atomic mass is 35.5. The van der Waals surface area contributed by atoms with Crippen molar-refractivity contribution < 1.29 is 14.6 Å². The van der Waals surface area contributed by atoms with Gasteiger partial charge in [0, 0.05) is 5.56 Å². The standard InChI is InChI=1S/C16H14Cl2O3/c1-9-15(6-4-12(10(2)19)16(9)20)21-8-11-3-5-13(17)14(18)7-11/h3-7,20H,8H2,1-2H3. The maximum absolute atomic E-state index is 11.4. The van der Waals surface area contributed by atoms with Crippen molar-refractivity contribution in [1.82, 2.24) is 0 Å². The maximum Gasteiger partial charge on any atom is 0.163 e. The molecule has 0 amide bonds. The first-order valence-corrected chi connectivity index (χ1v) is 7.06. The SMILES string of the molecule is CC(=O)c1ccc(OCc2ccc(Cl)c(Cl)c2)c(C)c1O. The van der Waals surface area contributed by atoms with Crippen LogP contribution in [0.3, 0.4) is 0 Å². The Kier molecular flexibility index (Phi) is 4.76. The van der Waals surface area contributed by atoms with Gasteiger partial charge in [0.15, 0.2) is 5.78 Å². The van der Waals surface area contributed by atoms with Crippen molar-refractivity contribution in [1.29, 1.82) is 0 Å². The van der Waals surface area contributed by atoms with E-state index in [1.165, 1.54) is 6.92 Å². The highest BCUT2D eigenvalue weighted by Gasteiger charge is 2.13. The number of Topliss-reactive ketones (excluding diaryl/α,β-unsaturated/α-hetero) is 1. The van der Waals surface area contributed by atoms with Crippen LogP contribution in [0.4, 0.5) is 0 Å². The summed E-state index contributed by atoms with van der Waals surface area (Å²) >= 11 is 11.8. The molecule has 0 fully saturated rings. The molecule has 1 N–H and O–H groups in total. The zero-order valence-corrected chi connectivity index (χ0v) is 13.1. The number of hydrogen-bond donors (Lipinski definition) is 1. The van der Waals surface area contributed by atoms with Crippen molar-refractivity contribution in [2.75, 3.05) is 0 Å². The second-order valence-corrected chi connectivity index (χ2v) is 5.49. The monoisotopic (exact) mass is 324 g/mol. The van der Waals surface area contributed by atoms with E-state index in [1.807, 2.05) is 6.07 Å². The van der Waals surface area contributed by atoms with Crippen molar-refractivity contribution in [3.63, 3.8) is 0 Å². The average molecular weight is 325 g/mol. The second kappa shape index (κ2) is 6.37. The molecule has 2 aromatic rings. The smallest absolute Gasteiger partial charge is 0.163 e. The fourth-order valence-corrected chi connectivity index (χ4v) is 2.23. The molecule has 5 heteroatoms. The summed E-state index contributed by atoms with van der Waals surface area (Å²) in [5.41, 5.74) is 1.68. The lowest BCUT2D eigenvalue weighted by Crippen LogP contribution is -2.00. The Morgan fingerprint density at radius 3 is 2.52 bits per heavy atom.